The predicted octanol–water partition coefficient (Wildman–Crippen LogP) is 5.15. The van der Waals surface area contributed by atoms with E-state index in [1.54, 1.807) is 43.4 Å². The zero-order valence-corrected chi connectivity index (χ0v) is 28.3. The summed E-state index contributed by atoms with van der Waals surface area (Å²) in [4.78, 5) is 57.6. The lowest BCUT2D eigenvalue weighted by Gasteiger charge is -2.28. The van der Waals surface area contributed by atoms with Crippen LogP contribution in [0.2, 0.25) is 5.02 Å². The summed E-state index contributed by atoms with van der Waals surface area (Å²) in [5.41, 5.74) is 0.500. The lowest BCUT2D eigenvalue weighted by molar-refractivity contribution is 0.0740. The first-order chi connectivity index (χ1) is 23.3. The monoisotopic (exact) mass is 685 g/mol. The number of aliphatic hydroxyl groups excluding tert-OH is 1. The number of hydrogen-bond acceptors (Lipinski definition) is 9. The number of ketones is 1. The van der Waals surface area contributed by atoms with Gasteiger partial charge in [0.25, 0.3) is 11.5 Å². The van der Waals surface area contributed by atoms with Gasteiger partial charge in [0, 0.05) is 50.7 Å². The Bertz CT molecular complexity index is 2170. The number of ether oxygens (including phenoxy) is 1. The van der Waals surface area contributed by atoms with Crippen LogP contribution < -0.4 is 20.1 Å². The smallest absolute Gasteiger partial charge is 0.279 e. The number of fused-ring (bicyclic) bond motifs is 1. The standard InChI is InChI=1S/C35H33ClFN7O5/c1-18(2)43-28-26(39-31(43)23-16-38-35(41(3)4)40-32(23)49-6)34(48)44(25-15-21(36)17-42(5)33(25)47)27(28)20-12-13-22(24(37)14-20)30(46)29(45)19-10-8-7-9-11-19/h7-18,27,30,46H,1-6H3/t27-,30?/m0/s1. The highest BCUT2D eigenvalue weighted by atomic mass is 35.5. The molecule has 3 aromatic heterocycles. The molecule has 4 heterocycles. The van der Waals surface area contributed by atoms with Crippen molar-refractivity contribution in [3.63, 3.8) is 0 Å². The number of carbonyl (C=O) groups is 2. The molecule has 1 aliphatic rings. The number of pyridine rings is 1. The number of Topliss-reactive ketones (excluding diaryl/α,β-unsaturated/α-hetero) is 1. The van der Waals surface area contributed by atoms with Crippen LogP contribution in [0, 0.1) is 5.82 Å². The minimum absolute atomic E-state index is 0.0262. The molecule has 1 N–H and O–H groups in total. The van der Waals surface area contributed by atoms with Crippen LogP contribution in [0.3, 0.4) is 0 Å². The first kappa shape index (κ1) is 33.5. The topological polar surface area (TPSA) is 136 Å². The second-order valence-electron chi connectivity index (χ2n) is 12.1. The molecule has 1 unspecified atom stereocenters. The average molecular weight is 686 g/mol. The molecule has 0 spiro atoms. The first-order valence-corrected chi connectivity index (χ1v) is 15.7. The maximum absolute atomic E-state index is 16.0. The molecule has 2 aromatic carbocycles. The number of rotatable bonds is 9. The van der Waals surface area contributed by atoms with E-state index in [9.17, 15) is 19.5 Å². The van der Waals surface area contributed by atoms with Gasteiger partial charge in [-0.15, -0.1) is 0 Å². The van der Waals surface area contributed by atoms with Crippen LogP contribution >= 0.6 is 11.6 Å². The van der Waals surface area contributed by atoms with Crippen LogP contribution in [-0.4, -0.2) is 62.1 Å². The summed E-state index contributed by atoms with van der Waals surface area (Å²) in [6.07, 6.45) is 1.20. The Labute approximate surface area is 286 Å². The molecule has 0 radical (unpaired) electrons. The number of hydrogen-bond donors (Lipinski definition) is 1. The number of aromatic nitrogens is 5. The number of methoxy groups -OCH3 is 1. The van der Waals surface area contributed by atoms with Crippen LogP contribution in [0.25, 0.3) is 11.4 Å². The van der Waals surface area contributed by atoms with E-state index >= 15 is 4.39 Å². The Morgan fingerprint density at radius 1 is 1.08 bits per heavy atom. The van der Waals surface area contributed by atoms with Gasteiger partial charge in [0.1, 0.15) is 29.5 Å². The second kappa shape index (κ2) is 12.9. The van der Waals surface area contributed by atoms with Gasteiger partial charge < -0.3 is 23.9 Å². The molecule has 6 rings (SSSR count). The van der Waals surface area contributed by atoms with Crippen LogP contribution in [-0.2, 0) is 7.05 Å². The number of aliphatic hydroxyl groups is 1. The Morgan fingerprint density at radius 2 is 1.80 bits per heavy atom. The summed E-state index contributed by atoms with van der Waals surface area (Å²) in [5.74, 6) is -1.21. The highest BCUT2D eigenvalue weighted by molar-refractivity contribution is 6.30. The lowest BCUT2D eigenvalue weighted by atomic mass is 9.95. The third kappa shape index (κ3) is 5.74. The van der Waals surface area contributed by atoms with Crippen molar-refractivity contribution in [2.45, 2.75) is 32.0 Å². The van der Waals surface area contributed by atoms with Crippen LogP contribution in [0.1, 0.15) is 69.7 Å². The fraction of sp³-hybridized carbons (Fsp3) is 0.257. The first-order valence-electron chi connectivity index (χ1n) is 15.3. The molecule has 0 saturated carbocycles. The largest absolute Gasteiger partial charge is 0.480 e. The van der Waals surface area contributed by atoms with E-state index in [1.165, 1.54) is 60.2 Å². The molecule has 5 aromatic rings. The molecular weight excluding hydrogens is 653 g/mol. The molecule has 252 valence electrons. The highest BCUT2D eigenvalue weighted by Crippen LogP contribution is 2.45. The van der Waals surface area contributed by atoms with Gasteiger partial charge in [0.05, 0.1) is 23.4 Å². The van der Waals surface area contributed by atoms with E-state index in [4.69, 9.17) is 21.3 Å². The minimum Gasteiger partial charge on any atom is -0.480 e. The zero-order valence-electron chi connectivity index (χ0n) is 27.5. The number of amides is 1. The van der Waals surface area contributed by atoms with Crippen LogP contribution in [0.15, 0.2) is 71.8 Å². The summed E-state index contributed by atoms with van der Waals surface area (Å²) in [7, 11) is 6.55. The molecule has 0 saturated heterocycles. The minimum atomic E-state index is -1.78. The fourth-order valence-corrected chi connectivity index (χ4v) is 6.28. The van der Waals surface area contributed by atoms with Crippen molar-refractivity contribution in [3.8, 4) is 17.3 Å². The van der Waals surface area contributed by atoms with Gasteiger partial charge >= 0.3 is 0 Å². The number of nitrogens with zero attached hydrogens (tertiary/aromatic N) is 7. The van der Waals surface area contributed by atoms with Crippen molar-refractivity contribution in [2.75, 3.05) is 31.0 Å². The van der Waals surface area contributed by atoms with Crippen molar-refractivity contribution >= 4 is 34.9 Å². The van der Waals surface area contributed by atoms with Crippen molar-refractivity contribution in [1.29, 1.82) is 0 Å². The van der Waals surface area contributed by atoms with Gasteiger partial charge in [-0.1, -0.05) is 54.1 Å². The summed E-state index contributed by atoms with van der Waals surface area (Å²) in [6.45, 7) is 3.79. The molecule has 0 fully saturated rings. The Morgan fingerprint density at radius 3 is 2.43 bits per heavy atom. The third-order valence-corrected chi connectivity index (χ3v) is 8.52. The van der Waals surface area contributed by atoms with Gasteiger partial charge in [-0.2, -0.15) is 4.98 Å². The van der Waals surface area contributed by atoms with E-state index in [0.29, 0.717) is 23.0 Å². The summed E-state index contributed by atoms with van der Waals surface area (Å²) in [5, 5.41) is 11.1. The van der Waals surface area contributed by atoms with Crippen LogP contribution in [0.5, 0.6) is 5.88 Å². The molecule has 12 nitrogen and oxygen atoms in total. The Balaban J connectivity index is 1.56. The number of carbonyl (C=O) groups excluding carboxylic acids is 2. The number of halogens is 2. The second-order valence-corrected chi connectivity index (χ2v) is 12.5. The number of imidazole rings is 1. The molecule has 14 heteroatoms. The summed E-state index contributed by atoms with van der Waals surface area (Å²) in [6, 6.07) is 12.1. The Hall–Kier alpha value is -5.40. The van der Waals surface area contributed by atoms with Gasteiger partial charge in [0.2, 0.25) is 11.8 Å². The van der Waals surface area contributed by atoms with Crippen molar-refractivity contribution in [1.82, 2.24) is 24.1 Å². The average Bonchev–Trinajstić information content (AvgIpc) is 3.60. The molecular formula is C35H33ClFN7O5. The number of benzene rings is 2. The van der Waals surface area contributed by atoms with E-state index in [-0.39, 0.29) is 45.0 Å². The number of aryl methyl sites for hydroxylation is 1. The predicted molar refractivity (Wildman–Crippen MR) is 182 cm³/mol. The van der Waals surface area contributed by atoms with E-state index in [2.05, 4.69) is 9.97 Å². The zero-order chi connectivity index (χ0) is 35.3. The summed E-state index contributed by atoms with van der Waals surface area (Å²) < 4.78 is 24.7. The van der Waals surface area contributed by atoms with Crippen molar-refractivity contribution in [2.24, 2.45) is 7.05 Å². The number of anilines is 2. The maximum atomic E-state index is 16.0. The molecule has 49 heavy (non-hydrogen) atoms. The van der Waals surface area contributed by atoms with E-state index in [0.717, 1.165) is 6.07 Å². The highest BCUT2D eigenvalue weighted by Gasteiger charge is 2.46. The normalized spacial score (nSPS) is 14.7. The lowest BCUT2D eigenvalue weighted by Crippen LogP contribution is -2.36. The molecule has 1 amide bonds. The maximum Gasteiger partial charge on any atom is 0.279 e. The molecule has 0 bridgehead atoms. The van der Waals surface area contributed by atoms with Gasteiger partial charge in [-0.05, 0) is 31.5 Å². The summed E-state index contributed by atoms with van der Waals surface area (Å²) >= 11 is 6.37. The van der Waals surface area contributed by atoms with Crippen molar-refractivity contribution < 1.29 is 23.8 Å². The van der Waals surface area contributed by atoms with Crippen molar-refractivity contribution in [3.05, 3.63) is 116 Å². The van der Waals surface area contributed by atoms with E-state index < -0.39 is 35.2 Å². The third-order valence-electron chi connectivity index (χ3n) is 8.31. The van der Waals surface area contributed by atoms with Gasteiger partial charge in [-0.25, -0.2) is 14.4 Å². The van der Waals surface area contributed by atoms with Crippen LogP contribution in [0.4, 0.5) is 16.0 Å². The molecule has 0 aliphatic carbocycles. The molecule has 1 aliphatic heterocycles. The van der Waals surface area contributed by atoms with Gasteiger partial charge in [-0.3, -0.25) is 19.3 Å². The quantitative estimate of drug-likeness (QED) is 0.209. The molecule has 2 atom stereocenters. The van der Waals surface area contributed by atoms with E-state index in [1.807, 2.05) is 18.4 Å². The fourth-order valence-electron chi connectivity index (χ4n) is 6.03. The van der Waals surface area contributed by atoms with Gasteiger partial charge in [0.15, 0.2) is 11.5 Å². The Kier molecular flexibility index (Phi) is 8.82. The SMILES string of the molecule is COc1nc(N(C)C)ncc1-c1nc2c(n1C(C)C)[C@H](c1ccc(C(O)C(=O)c3ccccc3)c(F)c1)N(c1cc(Cl)cn(C)c1=O)C2=O.